The smallest absolute Gasteiger partial charge is 0.154 e. The van der Waals surface area contributed by atoms with Crippen molar-refractivity contribution >= 4 is 5.69 Å². The fourth-order valence-electron chi connectivity index (χ4n) is 2.50. The van der Waals surface area contributed by atoms with Crippen LogP contribution in [0.4, 0.5) is 5.69 Å². The molecule has 1 N–H and O–H groups in total. The van der Waals surface area contributed by atoms with Gasteiger partial charge in [0, 0.05) is 11.3 Å². The van der Waals surface area contributed by atoms with Gasteiger partial charge in [0.25, 0.3) is 0 Å². The molecule has 0 saturated heterocycles. The van der Waals surface area contributed by atoms with Gasteiger partial charge in [0.2, 0.25) is 0 Å². The lowest BCUT2D eigenvalue weighted by atomic mass is 10.0. The van der Waals surface area contributed by atoms with Crippen molar-refractivity contribution in [3.8, 4) is 0 Å². The number of hydrogen-bond donors (Lipinski definition) is 1. The molecule has 0 bridgehead atoms. The van der Waals surface area contributed by atoms with E-state index in [4.69, 9.17) is 4.74 Å². The summed E-state index contributed by atoms with van der Waals surface area (Å²) >= 11 is 0. The quantitative estimate of drug-likeness (QED) is 0.894. The van der Waals surface area contributed by atoms with Gasteiger partial charge in [0.1, 0.15) is 0 Å². The number of benzene rings is 2. The second-order valence-corrected chi connectivity index (χ2v) is 4.89. The zero-order chi connectivity index (χ0) is 13.1. The van der Waals surface area contributed by atoms with Crippen molar-refractivity contribution in [3.05, 3.63) is 65.2 Å². The molecule has 0 aromatic heterocycles. The van der Waals surface area contributed by atoms with Crippen LogP contribution >= 0.6 is 0 Å². The summed E-state index contributed by atoms with van der Waals surface area (Å²) in [5.74, 6) is 0. The topological polar surface area (TPSA) is 21.3 Å². The molecule has 0 amide bonds. The van der Waals surface area contributed by atoms with Gasteiger partial charge in [-0.2, -0.15) is 0 Å². The zero-order valence-electron chi connectivity index (χ0n) is 11.2. The van der Waals surface area contributed by atoms with Gasteiger partial charge in [-0.1, -0.05) is 43.3 Å². The maximum absolute atomic E-state index is 5.85. The molecule has 19 heavy (non-hydrogen) atoms. The summed E-state index contributed by atoms with van der Waals surface area (Å²) in [6.07, 6.45) is 2.05. The van der Waals surface area contributed by atoms with Crippen LogP contribution < -0.4 is 5.32 Å². The highest BCUT2D eigenvalue weighted by Crippen LogP contribution is 2.28. The van der Waals surface area contributed by atoms with Crippen LogP contribution in [0.3, 0.4) is 0 Å². The second kappa shape index (κ2) is 5.45. The molecule has 1 aliphatic rings. The summed E-state index contributed by atoms with van der Waals surface area (Å²) in [5, 5.41) is 3.47. The molecule has 1 heterocycles. The van der Waals surface area contributed by atoms with E-state index in [1.54, 1.807) is 0 Å². The summed E-state index contributed by atoms with van der Waals surface area (Å²) in [6.45, 7) is 2.95. The summed E-state index contributed by atoms with van der Waals surface area (Å²) in [5.41, 5.74) is 5.11. The van der Waals surface area contributed by atoms with Gasteiger partial charge in [0.15, 0.2) is 6.23 Å². The van der Waals surface area contributed by atoms with Crippen molar-refractivity contribution in [2.75, 3.05) is 11.9 Å². The SMILES string of the molecule is CCc1ccc(NC2OCCc3ccccc32)cc1. The van der Waals surface area contributed by atoms with E-state index in [0.717, 1.165) is 25.1 Å². The Morgan fingerprint density at radius 3 is 2.68 bits per heavy atom. The first-order valence-corrected chi connectivity index (χ1v) is 6.91. The maximum atomic E-state index is 5.85. The van der Waals surface area contributed by atoms with E-state index < -0.39 is 0 Å². The number of ether oxygens (including phenoxy) is 1. The largest absolute Gasteiger partial charge is 0.356 e. The molecule has 0 spiro atoms. The van der Waals surface area contributed by atoms with E-state index in [1.165, 1.54) is 16.7 Å². The van der Waals surface area contributed by atoms with Crippen LogP contribution in [0.15, 0.2) is 48.5 Å². The van der Waals surface area contributed by atoms with Crippen LogP contribution in [-0.4, -0.2) is 6.61 Å². The molecule has 2 aromatic rings. The first-order chi connectivity index (χ1) is 9.36. The molecule has 0 radical (unpaired) electrons. The molecule has 1 aliphatic heterocycles. The van der Waals surface area contributed by atoms with E-state index in [-0.39, 0.29) is 6.23 Å². The van der Waals surface area contributed by atoms with Crippen LogP contribution in [-0.2, 0) is 17.6 Å². The average molecular weight is 253 g/mol. The monoisotopic (exact) mass is 253 g/mol. The minimum atomic E-state index is -0.0302. The molecule has 1 unspecified atom stereocenters. The van der Waals surface area contributed by atoms with Crippen molar-refractivity contribution < 1.29 is 4.74 Å². The summed E-state index contributed by atoms with van der Waals surface area (Å²) in [6, 6.07) is 17.1. The Bertz CT molecular complexity index is 547. The first-order valence-electron chi connectivity index (χ1n) is 6.91. The molecule has 0 fully saturated rings. The molecule has 0 saturated carbocycles. The number of nitrogens with one attached hydrogen (secondary N) is 1. The molecule has 2 heteroatoms. The van der Waals surface area contributed by atoms with Gasteiger partial charge >= 0.3 is 0 Å². The Labute approximate surface area is 114 Å². The highest BCUT2D eigenvalue weighted by atomic mass is 16.5. The third kappa shape index (κ3) is 2.64. The van der Waals surface area contributed by atoms with Crippen molar-refractivity contribution in [1.29, 1.82) is 0 Å². The van der Waals surface area contributed by atoms with Crippen molar-refractivity contribution in [3.63, 3.8) is 0 Å². The van der Waals surface area contributed by atoms with Gasteiger partial charge in [-0.3, -0.25) is 0 Å². The summed E-state index contributed by atoms with van der Waals surface area (Å²) < 4.78 is 5.85. The van der Waals surface area contributed by atoms with Gasteiger partial charge in [-0.05, 0) is 36.1 Å². The van der Waals surface area contributed by atoms with Crippen LogP contribution in [0.5, 0.6) is 0 Å². The van der Waals surface area contributed by atoms with E-state index >= 15 is 0 Å². The predicted octanol–water partition coefficient (Wildman–Crippen LogP) is 3.93. The fraction of sp³-hybridized carbons (Fsp3) is 0.294. The number of rotatable bonds is 3. The van der Waals surface area contributed by atoms with E-state index in [1.807, 2.05) is 0 Å². The second-order valence-electron chi connectivity index (χ2n) is 4.89. The lowest BCUT2D eigenvalue weighted by Crippen LogP contribution is -2.22. The molecule has 2 aromatic carbocycles. The summed E-state index contributed by atoms with van der Waals surface area (Å²) in [7, 11) is 0. The van der Waals surface area contributed by atoms with Gasteiger partial charge in [-0.25, -0.2) is 0 Å². The Morgan fingerprint density at radius 2 is 1.89 bits per heavy atom. The predicted molar refractivity (Wildman–Crippen MR) is 78.3 cm³/mol. The van der Waals surface area contributed by atoms with Gasteiger partial charge < -0.3 is 10.1 Å². The Kier molecular flexibility index (Phi) is 3.51. The van der Waals surface area contributed by atoms with E-state index in [9.17, 15) is 0 Å². The number of aryl methyl sites for hydroxylation is 1. The minimum Gasteiger partial charge on any atom is -0.356 e. The molecule has 1 atom stereocenters. The van der Waals surface area contributed by atoms with Gasteiger partial charge in [0.05, 0.1) is 6.61 Å². The number of anilines is 1. The Morgan fingerprint density at radius 1 is 1.11 bits per heavy atom. The van der Waals surface area contributed by atoms with Crippen LogP contribution in [0, 0.1) is 0 Å². The third-order valence-corrected chi connectivity index (χ3v) is 3.65. The van der Waals surface area contributed by atoms with Crippen LogP contribution in [0.25, 0.3) is 0 Å². The van der Waals surface area contributed by atoms with Crippen LogP contribution in [0.1, 0.15) is 29.8 Å². The lowest BCUT2D eigenvalue weighted by Gasteiger charge is -2.27. The lowest BCUT2D eigenvalue weighted by molar-refractivity contribution is 0.0618. The third-order valence-electron chi connectivity index (χ3n) is 3.65. The van der Waals surface area contributed by atoms with Gasteiger partial charge in [-0.15, -0.1) is 0 Å². The minimum absolute atomic E-state index is 0.0302. The fourth-order valence-corrected chi connectivity index (χ4v) is 2.50. The number of fused-ring (bicyclic) bond motifs is 1. The highest BCUT2D eigenvalue weighted by molar-refractivity contribution is 5.47. The van der Waals surface area contributed by atoms with E-state index in [0.29, 0.717) is 0 Å². The van der Waals surface area contributed by atoms with Crippen molar-refractivity contribution in [2.45, 2.75) is 26.0 Å². The standard InChI is InChI=1S/C17H19NO/c1-2-13-7-9-15(10-8-13)18-17-16-6-4-3-5-14(16)11-12-19-17/h3-10,17-18H,2,11-12H2,1H3. The molecule has 2 nitrogen and oxygen atoms in total. The van der Waals surface area contributed by atoms with Crippen molar-refractivity contribution in [1.82, 2.24) is 0 Å². The Balaban J connectivity index is 1.80. The Hall–Kier alpha value is -1.80. The maximum Gasteiger partial charge on any atom is 0.154 e. The average Bonchev–Trinajstić information content (AvgIpc) is 2.48. The molecular formula is C17H19NO. The number of hydrogen-bond acceptors (Lipinski definition) is 2. The highest BCUT2D eigenvalue weighted by Gasteiger charge is 2.19. The summed E-state index contributed by atoms with van der Waals surface area (Å²) in [4.78, 5) is 0. The molecule has 3 rings (SSSR count). The first kappa shape index (κ1) is 12.2. The van der Waals surface area contributed by atoms with Crippen molar-refractivity contribution in [2.24, 2.45) is 0 Å². The van der Waals surface area contributed by atoms with Crippen LogP contribution in [0.2, 0.25) is 0 Å². The zero-order valence-corrected chi connectivity index (χ0v) is 11.2. The normalized spacial score (nSPS) is 17.8. The molecule has 98 valence electrons. The molecule has 0 aliphatic carbocycles. The molecular weight excluding hydrogens is 234 g/mol. The van der Waals surface area contributed by atoms with E-state index in [2.05, 4.69) is 60.8 Å².